The van der Waals surface area contributed by atoms with Crippen LogP contribution < -0.4 is 9.47 Å². The topological polar surface area (TPSA) is 84.4 Å². The third-order valence-corrected chi connectivity index (χ3v) is 2.62. The molecule has 2 rings (SSSR count). The molecule has 1 aromatic heterocycles. The number of H-pyrrole nitrogens is 1. The number of methoxy groups -OCH3 is 2. The maximum absolute atomic E-state index is 13.9. The van der Waals surface area contributed by atoms with Gasteiger partial charge < -0.3 is 14.6 Å². The van der Waals surface area contributed by atoms with Crippen molar-refractivity contribution in [3.05, 3.63) is 29.5 Å². The molecule has 0 saturated heterocycles. The van der Waals surface area contributed by atoms with Crippen LogP contribution >= 0.6 is 0 Å². The molecule has 6 nitrogen and oxygen atoms in total. The average molecular weight is 284 g/mol. The predicted octanol–water partition coefficient (Wildman–Crippen LogP) is 2.07. The van der Waals surface area contributed by atoms with Gasteiger partial charge in [-0.1, -0.05) is 0 Å². The van der Waals surface area contributed by atoms with Crippen LogP contribution in [-0.2, 0) is 0 Å². The molecule has 0 bridgehead atoms. The molecule has 2 aromatic rings. The van der Waals surface area contributed by atoms with Gasteiger partial charge in [0.1, 0.15) is 11.5 Å². The molecular formula is C12H10F2N2O4. The lowest BCUT2D eigenvalue weighted by molar-refractivity contribution is 0.0690. The van der Waals surface area contributed by atoms with Gasteiger partial charge in [-0.05, 0) is 6.07 Å². The van der Waals surface area contributed by atoms with Gasteiger partial charge >= 0.3 is 5.97 Å². The van der Waals surface area contributed by atoms with Crippen molar-refractivity contribution in [3.8, 4) is 22.8 Å². The largest absolute Gasteiger partial charge is 0.492 e. The van der Waals surface area contributed by atoms with Crippen molar-refractivity contribution in [1.82, 2.24) is 10.2 Å². The number of aromatic amines is 1. The molecule has 1 heterocycles. The highest BCUT2D eigenvalue weighted by Gasteiger charge is 2.24. The Morgan fingerprint density at radius 2 is 1.85 bits per heavy atom. The highest BCUT2D eigenvalue weighted by molar-refractivity contribution is 5.87. The molecule has 0 atom stereocenters. The number of hydrogen-bond donors (Lipinski definition) is 2. The summed E-state index contributed by atoms with van der Waals surface area (Å²) in [5.74, 6) is -3.61. The number of nitrogens with zero attached hydrogens (tertiary/aromatic N) is 1. The zero-order chi connectivity index (χ0) is 14.9. The molecule has 0 saturated carbocycles. The monoisotopic (exact) mass is 284 g/mol. The number of aromatic nitrogens is 2. The number of nitrogens with one attached hydrogen (secondary N) is 1. The quantitative estimate of drug-likeness (QED) is 0.897. The Bertz CT molecular complexity index is 670. The number of aromatic carboxylic acids is 1. The zero-order valence-corrected chi connectivity index (χ0v) is 10.5. The van der Waals surface area contributed by atoms with E-state index in [9.17, 15) is 13.6 Å². The van der Waals surface area contributed by atoms with Crippen molar-refractivity contribution in [2.75, 3.05) is 14.2 Å². The number of carbonyl (C=O) groups is 1. The van der Waals surface area contributed by atoms with Crippen LogP contribution in [0.25, 0.3) is 11.3 Å². The third-order valence-electron chi connectivity index (χ3n) is 2.62. The SMILES string of the molecule is COc1c(F)cc(F)c(-c2cc(C(=O)O)[nH]n2)c1OC. The molecule has 0 aliphatic carbocycles. The molecule has 8 heteroatoms. The van der Waals surface area contributed by atoms with Crippen LogP contribution in [0.1, 0.15) is 10.5 Å². The van der Waals surface area contributed by atoms with E-state index in [1.165, 1.54) is 14.2 Å². The summed E-state index contributed by atoms with van der Waals surface area (Å²) in [6.07, 6.45) is 0. The standard InChI is InChI=1S/C12H10F2N2O4/c1-19-10-6(14)3-5(13)9(11(10)20-2)7-4-8(12(17)18)16-15-7/h3-4H,1-2H3,(H,15,16)(H,17,18). The van der Waals surface area contributed by atoms with E-state index in [2.05, 4.69) is 10.2 Å². The first-order valence-corrected chi connectivity index (χ1v) is 5.38. The van der Waals surface area contributed by atoms with Gasteiger partial charge in [-0.3, -0.25) is 5.10 Å². The summed E-state index contributed by atoms with van der Waals surface area (Å²) in [6.45, 7) is 0. The Labute approximate surface area is 111 Å². The van der Waals surface area contributed by atoms with Crippen LogP contribution in [0.2, 0.25) is 0 Å². The fourth-order valence-electron chi connectivity index (χ4n) is 1.76. The molecule has 106 valence electrons. The second-order valence-electron chi connectivity index (χ2n) is 3.75. The molecule has 0 amide bonds. The number of ether oxygens (including phenoxy) is 2. The second kappa shape index (κ2) is 5.16. The average Bonchev–Trinajstić information content (AvgIpc) is 2.87. The van der Waals surface area contributed by atoms with Gasteiger partial charge in [0.05, 0.1) is 25.5 Å². The van der Waals surface area contributed by atoms with Gasteiger partial charge in [-0.2, -0.15) is 5.10 Å². The molecule has 0 spiro atoms. The van der Waals surface area contributed by atoms with E-state index in [1.54, 1.807) is 0 Å². The van der Waals surface area contributed by atoms with Crippen LogP contribution in [0.5, 0.6) is 11.5 Å². The first-order chi connectivity index (χ1) is 9.49. The summed E-state index contributed by atoms with van der Waals surface area (Å²) in [7, 11) is 2.42. The normalized spacial score (nSPS) is 10.4. The predicted molar refractivity (Wildman–Crippen MR) is 64.0 cm³/mol. The van der Waals surface area contributed by atoms with Crippen LogP contribution in [0, 0.1) is 11.6 Å². The Morgan fingerprint density at radius 1 is 1.20 bits per heavy atom. The summed E-state index contributed by atoms with van der Waals surface area (Å²) in [5.41, 5.74) is -0.450. The molecular weight excluding hydrogens is 274 g/mol. The van der Waals surface area contributed by atoms with Gasteiger partial charge in [-0.15, -0.1) is 0 Å². The number of halogens is 2. The lowest BCUT2D eigenvalue weighted by Crippen LogP contribution is -1.99. The summed E-state index contributed by atoms with van der Waals surface area (Å²) in [6, 6.07) is 1.73. The molecule has 2 N–H and O–H groups in total. The van der Waals surface area contributed by atoms with Crippen LogP contribution in [0.15, 0.2) is 12.1 Å². The molecule has 20 heavy (non-hydrogen) atoms. The Balaban J connectivity index is 2.68. The smallest absolute Gasteiger partial charge is 0.353 e. The summed E-state index contributed by atoms with van der Waals surface area (Å²) in [5, 5.41) is 14.7. The summed E-state index contributed by atoms with van der Waals surface area (Å²) >= 11 is 0. The number of rotatable bonds is 4. The minimum Gasteiger partial charge on any atom is -0.492 e. The van der Waals surface area contributed by atoms with Crippen LogP contribution in [0.3, 0.4) is 0 Å². The third kappa shape index (κ3) is 2.15. The molecule has 0 aliphatic heterocycles. The minimum atomic E-state index is -1.25. The van der Waals surface area contributed by atoms with Crippen molar-refractivity contribution in [1.29, 1.82) is 0 Å². The van der Waals surface area contributed by atoms with E-state index < -0.39 is 17.6 Å². The fraction of sp³-hybridized carbons (Fsp3) is 0.167. The maximum atomic E-state index is 13.9. The maximum Gasteiger partial charge on any atom is 0.353 e. The first-order valence-electron chi connectivity index (χ1n) is 5.38. The van der Waals surface area contributed by atoms with Gasteiger partial charge in [0.15, 0.2) is 17.3 Å². The van der Waals surface area contributed by atoms with E-state index in [1.807, 2.05) is 0 Å². The minimum absolute atomic E-state index is 0.0324. The van der Waals surface area contributed by atoms with Crippen molar-refractivity contribution < 1.29 is 28.2 Å². The lowest BCUT2D eigenvalue weighted by Gasteiger charge is -2.12. The van der Waals surface area contributed by atoms with Gasteiger partial charge in [0, 0.05) is 6.07 Å². The molecule has 0 radical (unpaired) electrons. The highest BCUT2D eigenvalue weighted by Crippen LogP contribution is 2.41. The second-order valence-corrected chi connectivity index (χ2v) is 3.75. The summed E-state index contributed by atoms with van der Waals surface area (Å²) in [4.78, 5) is 10.8. The summed E-state index contributed by atoms with van der Waals surface area (Å²) < 4.78 is 37.3. The number of benzene rings is 1. The Morgan fingerprint density at radius 3 is 2.35 bits per heavy atom. The lowest BCUT2D eigenvalue weighted by atomic mass is 10.1. The Kier molecular flexibility index (Phi) is 3.55. The number of carboxylic acid groups (broad SMARTS) is 1. The Hall–Kier alpha value is -2.64. The number of hydrogen-bond acceptors (Lipinski definition) is 4. The van der Waals surface area contributed by atoms with Gasteiger partial charge in [-0.25, -0.2) is 13.6 Å². The van der Waals surface area contributed by atoms with Crippen molar-refractivity contribution in [3.63, 3.8) is 0 Å². The molecule has 0 unspecified atom stereocenters. The fourth-order valence-corrected chi connectivity index (χ4v) is 1.76. The van der Waals surface area contributed by atoms with Crippen molar-refractivity contribution >= 4 is 5.97 Å². The van der Waals surface area contributed by atoms with E-state index in [0.29, 0.717) is 6.07 Å². The van der Waals surface area contributed by atoms with Crippen LogP contribution in [-0.4, -0.2) is 35.5 Å². The van der Waals surface area contributed by atoms with Crippen LogP contribution in [0.4, 0.5) is 8.78 Å². The molecule has 0 aliphatic rings. The van der Waals surface area contributed by atoms with Gasteiger partial charge in [0.2, 0.25) is 0 Å². The van der Waals surface area contributed by atoms with E-state index in [4.69, 9.17) is 14.6 Å². The van der Waals surface area contributed by atoms with E-state index in [0.717, 1.165) is 6.07 Å². The van der Waals surface area contributed by atoms with Crippen molar-refractivity contribution in [2.24, 2.45) is 0 Å². The van der Waals surface area contributed by atoms with Gasteiger partial charge in [0.25, 0.3) is 0 Å². The van der Waals surface area contributed by atoms with Crippen molar-refractivity contribution in [2.45, 2.75) is 0 Å². The molecule has 0 fully saturated rings. The van der Waals surface area contributed by atoms with E-state index >= 15 is 0 Å². The molecule has 1 aromatic carbocycles. The van der Waals surface area contributed by atoms with E-state index in [-0.39, 0.29) is 28.5 Å². The number of carboxylic acids is 1. The first kappa shape index (κ1) is 13.8. The highest BCUT2D eigenvalue weighted by atomic mass is 19.1. The zero-order valence-electron chi connectivity index (χ0n) is 10.5.